The van der Waals surface area contributed by atoms with Gasteiger partial charge in [0.05, 0.1) is 5.57 Å². The van der Waals surface area contributed by atoms with Gasteiger partial charge in [-0.05, 0) is 18.8 Å². The van der Waals surface area contributed by atoms with Crippen molar-refractivity contribution in [3.63, 3.8) is 0 Å². The van der Waals surface area contributed by atoms with Crippen molar-refractivity contribution in [3.8, 4) is 0 Å². The molecule has 1 N–H and O–H groups in total. The molecule has 24 heavy (non-hydrogen) atoms. The Morgan fingerprint density at radius 2 is 1.92 bits per heavy atom. The second-order valence-electron chi connectivity index (χ2n) is 7.65. The summed E-state index contributed by atoms with van der Waals surface area (Å²) in [6, 6.07) is 0. The van der Waals surface area contributed by atoms with Gasteiger partial charge in [-0.3, -0.25) is 9.59 Å². The summed E-state index contributed by atoms with van der Waals surface area (Å²) >= 11 is 0. The molecule has 0 amide bonds. The SMILES string of the molecule is CC(=O)[C@]12C[C@H](C)C=C[C@@H]1[C@H]1CC(=O)C[C@@H](C)C/C(O)=C\1C(=O)O2. The van der Waals surface area contributed by atoms with Gasteiger partial charge in [0.1, 0.15) is 11.5 Å². The van der Waals surface area contributed by atoms with Crippen LogP contribution in [-0.2, 0) is 19.1 Å². The minimum Gasteiger partial charge on any atom is -0.512 e. The molecule has 1 saturated heterocycles. The maximum absolute atomic E-state index is 12.7. The molecule has 0 bridgehead atoms. The summed E-state index contributed by atoms with van der Waals surface area (Å²) in [6.45, 7) is 5.29. The van der Waals surface area contributed by atoms with Crippen molar-refractivity contribution in [2.24, 2.45) is 23.7 Å². The van der Waals surface area contributed by atoms with E-state index in [1.807, 2.05) is 26.0 Å². The molecule has 5 heteroatoms. The lowest BCUT2D eigenvalue weighted by Crippen LogP contribution is -2.58. The van der Waals surface area contributed by atoms with Gasteiger partial charge in [0.25, 0.3) is 0 Å². The molecule has 0 aromatic rings. The van der Waals surface area contributed by atoms with Crippen LogP contribution in [0.3, 0.4) is 0 Å². The first-order valence-electron chi connectivity index (χ1n) is 8.61. The van der Waals surface area contributed by atoms with E-state index >= 15 is 0 Å². The monoisotopic (exact) mass is 332 g/mol. The molecule has 5 nitrogen and oxygen atoms in total. The number of ketones is 2. The third-order valence-electron chi connectivity index (χ3n) is 5.58. The minimum absolute atomic E-state index is 0.00849. The summed E-state index contributed by atoms with van der Waals surface area (Å²) in [4.78, 5) is 37.4. The number of rotatable bonds is 1. The molecule has 3 rings (SSSR count). The molecule has 130 valence electrons. The maximum atomic E-state index is 12.7. The van der Waals surface area contributed by atoms with Crippen LogP contribution in [0.5, 0.6) is 0 Å². The molecule has 1 aliphatic heterocycles. The Morgan fingerprint density at radius 3 is 2.58 bits per heavy atom. The van der Waals surface area contributed by atoms with Gasteiger partial charge in [0, 0.05) is 37.5 Å². The number of hydrogen-bond donors (Lipinski definition) is 1. The third-order valence-corrected chi connectivity index (χ3v) is 5.58. The molecule has 0 radical (unpaired) electrons. The number of hydrogen-bond acceptors (Lipinski definition) is 5. The first-order valence-corrected chi connectivity index (χ1v) is 8.61. The fourth-order valence-corrected chi connectivity index (χ4v) is 4.51. The summed E-state index contributed by atoms with van der Waals surface area (Å²) in [6.07, 6.45) is 5.15. The van der Waals surface area contributed by atoms with Gasteiger partial charge in [-0.2, -0.15) is 0 Å². The number of Topliss-reactive ketones (excluding diaryl/α,β-unsaturated/α-hetero) is 2. The van der Waals surface area contributed by atoms with Crippen molar-refractivity contribution >= 4 is 17.5 Å². The summed E-state index contributed by atoms with van der Waals surface area (Å²) in [5, 5.41) is 10.5. The Labute approximate surface area is 141 Å². The summed E-state index contributed by atoms with van der Waals surface area (Å²) in [7, 11) is 0. The average Bonchev–Trinajstić information content (AvgIpc) is 2.44. The van der Waals surface area contributed by atoms with E-state index in [-0.39, 0.29) is 47.6 Å². The van der Waals surface area contributed by atoms with Crippen LogP contribution in [0.4, 0.5) is 0 Å². The van der Waals surface area contributed by atoms with Gasteiger partial charge in [0.15, 0.2) is 11.4 Å². The highest BCUT2D eigenvalue weighted by Gasteiger charge is 2.57. The van der Waals surface area contributed by atoms with Crippen LogP contribution in [-0.4, -0.2) is 28.2 Å². The fraction of sp³-hybridized carbons (Fsp3) is 0.632. The Hall–Kier alpha value is -1.91. The zero-order valence-corrected chi connectivity index (χ0v) is 14.4. The first-order chi connectivity index (χ1) is 11.2. The second-order valence-corrected chi connectivity index (χ2v) is 7.65. The van der Waals surface area contributed by atoms with Crippen molar-refractivity contribution in [2.75, 3.05) is 0 Å². The van der Waals surface area contributed by atoms with Crippen LogP contribution in [0.2, 0.25) is 0 Å². The molecule has 0 aromatic carbocycles. The quantitative estimate of drug-likeness (QED) is 0.590. The lowest BCUT2D eigenvalue weighted by atomic mass is 9.62. The molecule has 1 fully saturated rings. The van der Waals surface area contributed by atoms with Gasteiger partial charge in [-0.25, -0.2) is 4.79 Å². The summed E-state index contributed by atoms with van der Waals surface area (Å²) < 4.78 is 5.65. The largest absolute Gasteiger partial charge is 0.512 e. The van der Waals surface area contributed by atoms with Crippen LogP contribution in [0, 0.1) is 23.7 Å². The number of carbonyl (C=O) groups excluding carboxylic acids is 3. The van der Waals surface area contributed by atoms with Gasteiger partial charge in [0.2, 0.25) is 0 Å². The number of aliphatic hydroxyl groups is 1. The highest BCUT2D eigenvalue weighted by molar-refractivity contribution is 5.98. The molecular weight excluding hydrogens is 308 g/mol. The Bertz CT molecular complexity index is 659. The summed E-state index contributed by atoms with van der Waals surface area (Å²) in [5.41, 5.74) is -1.03. The van der Waals surface area contributed by atoms with Crippen molar-refractivity contribution < 1.29 is 24.2 Å². The molecule has 0 aromatic heterocycles. The smallest absolute Gasteiger partial charge is 0.338 e. The molecule has 2 aliphatic carbocycles. The van der Waals surface area contributed by atoms with Crippen molar-refractivity contribution in [3.05, 3.63) is 23.5 Å². The number of ether oxygens (including phenoxy) is 1. The van der Waals surface area contributed by atoms with E-state index in [0.717, 1.165) is 0 Å². The zero-order valence-electron chi connectivity index (χ0n) is 14.4. The lowest BCUT2D eigenvalue weighted by Gasteiger charge is -2.48. The van der Waals surface area contributed by atoms with Crippen LogP contribution >= 0.6 is 0 Å². The third kappa shape index (κ3) is 2.60. The standard InChI is InChI=1S/C19H24O5/c1-10-4-5-15-14-8-13(21)6-11(2)7-16(22)17(14)18(23)24-19(15,9-10)12(3)20/h4-5,10-11,14-15,22H,6-9H2,1-3H3/b17-16-/t10-,11-,14-,15-,19-/m1/s1. The second kappa shape index (κ2) is 5.87. The van der Waals surface area contributed by atoms with E-state index in [9.17, 15) is 19.5 Å². The van der Waals surface area contributed by atoms with Crippen LogP contribution in [0.1, 0.15) is 46.5 Å². The van der Waals surface area contributed by atoms with E-state index in [4.69, 9.17) is 4.74 Å². The van der Waals surface area contributed by atoms with E-state index in [1.54, 1.807) is 0 Å². The summed E-state index contributed by atoms with van der Waals surface area (Å²) in [5.74, 6) is -1.54. The van der Waals surface area contributed by atoms with Crippen LogP contribution < -0.4 is 0 Å². The number of esters is 1. The van der Waals surface area contributed by atoms with Gasteiger partial charge >= 0.3 is 5.97 Å². The lowest BCUT2D eigenvalue weighted by molar-refractivity contribution is -0.180. The van der Waals surface area contributed by atoms with E-state index in [2.05, 4.69) is 0 Å². The topological polar surface area (TPSA) is 80.7 Å². The minimum atomic E-state index is -1.22. The number of fused-ring (bicyclic) bond motifs is 3. The maximum Gasteiger partial charge on any atom is 0.338 e. The van der Waals surface area contributed by atoms with E-state index < -0.39 is 23.4 Å². The van der Waals surface area contributed by atoms with Gasteiger partial charge in [-0.1, -0.05) is 26.0 Å². The first kappa shape index (κ1) is 16.9. The zero-order chi connectivity index (χ0) is 17.6. The molecule has 3 aliphatic rings. The highest BCUT2D eigenvalue weighted by Crippen LogP contribution is 2.49. The van der Waals surface area contributed by atoms with Crippen molar-refractivity contribution in [1.82, 2.24) is 0 Å². The molecule has 1 heterocycles. The fourth-order valence-electron chi connectivity index (χ4n) is 4.51. The number of carbonyl (C=O) groups is 3. The van der Waals surface area contributed by atoms with Crippen molar-refractivity contribution in [1.29, 1.82) is 0 Å². The molecule has 5 atom stereocenters. The van der Waals surface area contributed by atoms with E-state index in [0.29, 0.717) is 12.8 Å². The Morgan fingerprint density at radius 1 is 1.21 bits per heavy atom. The Kier molecular flexibility index (Phi) is 4.14. The van der Waals surface area contributed by atoms with Gasteiger partial charge in [-0.15, -0.1) is 0 Å². The number of aliphatic hydroxyl groups excluding tert-OH is 1. The molecule has 0 saturated carbocycles. The van der Waals surface area contributed by atoms with Crippen LogP contribution in [0.15, 0.2) is 23.5 Å². The predicted molar refractivity (Wildman–Crippen MR) is 87.1 cm³/mol. The average molecular weight is 332 g/mol. The van der Waals surface area contributed by atoms with Crippen molar-refractivity contribution in [2.45, 2.75) is 52.1 Å². The Balaban J connectivity index is 2.14. The van der Waals surface area contributed by atoms with Gasteiger partial charge < -0.3 is 9.84 Å². The molecule has 0 spiro atoms. The highest BCUT2D eigenvalue weighted by atomic mass is 16.6. The molecule has 0 unspecified atom stereocenters. The predicted octanol–water partition coefficient (Wildman–Crippen LogP) is 2.90. The normalized spacial score (nSPS) is 42.5. The van der Waals surface area contributed by atoms with E-state index in [1.165, 1.54) is 6.92 Å². The van der Waals surface area contributed by atoms with Crippen LogP contribution in [0.25, 0.3) is 0 Å². The molecular formula is C19H24O5. The number of allylic oxidation sites excluding steroid dienone is 2.